The summed E-state index contributed by atoms with van der Waals surface area (Å²) >= 11 is 5.91. The molecule has 1 aromatic rings. The van der Waals surface area contributed by atoms with Gasteiger partial charge in [0, 0.05) is 11.1 Å². The Balaban J connectivity index is 1.33. The van der Waals surface area contributed by atoms with Gasteiger partial charge >= 0.3 is 0 Å². The molecule has 0 spiro atoms. The third-order valence-corrected chi connectivity index (χ3v) is 4.65. The summed E-state index contributed by atoms with van der Waals surface area (Å²) in [6, 6.07) is 9.12. The van der Waals surface area contributed by atoms with Crippen molar-refractivity contribution in [2.24, 2.45) is 5.92 Å². The van der Waals surface area contributed by atoms with Gasteiger partial charge in [-0.25, -0.2) is 0 Å². The number of hydrogen-bond donors (Lipinski definition) is 1. The molecule has 0 aliphatic heterocycles. The van der Waals surface area contributed by atoms with E-state index in [0.717, 1.165) is 22.9 Å². The first kappa shape index (κ1) is 12.5. The van der Waals surface area contributed by atoms with E-state index < -0.39 is 0 Å². The Morgan fingerprint density at radius 2 is 1.83 bits per heavy atom. The van der Waals surface area contributed by atoms with Crippen LogP contribution in [0.1, 0.15) is 50.0 Å². The van der Waals surface area contributed by atoms with Crippen LogP contribution in [0, 0.1) is 5.92 Å². The van der Waals surface area contributed by atoms with Gasteiger partial charge < -0.3 is 5.32 Å². The summed E-state index contributed by atoms with van der Waals surface area (Å²) in [5.74, 6) is 1.83. The molecule has 1 nitrogen and oxygen atoms in total. The second kappa shape index (κ2) is 5.63. The van der Waals surface area contributed by atoms with Crippen LogP contribution in [-0.4, -0.2) is 12.6 Å². The molecule has 2 aliphatic carbocycles. The molecule has 2 fully saturated rings. The number of nitrogens with one attached hydrogen (secondary N) is 1. The molecule has 0 radical (unpaired) electrons. The predicted molar refractivity (Wildman–Crippen MR) is 77.2 cm³/mol. The van der Waals surface area contributed by atoms with Crippen LogP contribution in [0.2, 0.25) is 5.02 Å². The Kier molecular flexibility index (Phi) is 3.91. The molecule has 0 heterocycles. The lowest BCUT2D eigenvalue weighted by Gasteiger charge is -2.36. The summed E-state index contributed by atoms with van der Waals surface area (Å²) in [6.45, 7) is 1.22. The van der Waals surface area contributed by atoms with Crippen molar-refractivity contribution in [3.63, 3.8) is 0 Å². The first-order chi connectivity index (χ1) is 8.81. The number of benzene rings is 1. The van der Waals surface area contributed by atoms with Gasteiger partial charge in [-0.15, -0.1) is 0 Å². The van der Waals surface area contributed by atoms with Gasteiger partial charge in [0.15, 0.2) is 0 Å². The van der Waals surface area contributed by atoms with Crippen LogP contribution in [-0.2, 0) is 0 Å². The van der Waals surface area contributed by atoms with Crippen LogP contribution in [0.3, 0.4) is 0 Å². The highest BCUT2D eigenvalue weighted by molar-refractivity contribution is 6.30. The molecule has 2 heteroatoms. The third-order valence-electron chi connectivity index (χ3n) is 4.40. The molecule has 0 unspecified atom stereocenters. The molecule has 1 N–H and O–H groups in total. The first-order valence-corrected chi connectivity index (χ1v) is 7.68. The lowest BCUT2D eigenvalue weighted by molar-refractivity contribution is 0.289. The zero-order valence-electron chi connectivity index (χ0n) is 10.9. The standard InChI is InChI=1S/C16H22ClN/c17-15-7-5-13(6-8-15)14-10-16(11-14)18-9-1-2-12-3-4-12/h5-8,12,14,16,18H,1-4,9-11H2. The Morgan fingerprint density at radius 1 is 1.11 bits per heavy atom. The average molecular weight is 264 g/mol. The molecule has 0 bridgehead atoms. The summed E-state index contributed by atoms with van der Waals surface area (Å²) in [5, 5.41) is 4.53. The van der Waals surface area contributed by atoms with Crippen LogP contribution in [0.25, 0.3) is 0 Å². The molecule has 2 aliphatic rings. The normalized spacial score (nSPS) is 26.9. The number of hydrogen-bond acceptors (Lipinski definition) is 1. The monoisotopic (exact) mass is 263 g/mol. The van der Waals surface area contributed by atoms with E-state index in [9.17, 15) is 0 Å². The van der Waals surface area contributed by atoms with E-state index in [4.69, 9.17) is 11.6 Å². The fourth-order valence-electron chi connectivity index (χ4n) is 2.90. The van der Waals surface area contributed by atoms with Crippen molar-refractivity contribution in [3.05, 3.63) is 34.9 Å². The zero-order chi connectivity index (χ0) is 12.4. The van der Waals surface area contributed by atoms with Gasteiger partial charge in [0.1, 0.15) is 0 Å². The highest BCUT2D eigenvalue weighted by Crippen LogP contribution is 2.37. The minimum Gasteiger partial charge on any atom is -0.314 e. The molecule has 0 aromatic heterocycles. The molecular formula is C16H22ClN. The average Bonchev–Trinajstić information content (AvgIpc) is 3.12. The van der Waals surface area contributed by atoms with Crippen molar-refractivity contribution < 1.29 is 0 Å². The van der Waals surface area contributed by atoms with Gasteiger partial charge in [0.2, 0.25) is 0 Å². The lowest BCUT2D eigenvalue weighted by atomic mass is 9.76. The van der Waals surface area contributed by atoms with Crippen LogP contribution in [0.4, 0.5) is 0 Å². The van der Waals surface area contributed by atoms with E-state index in [0.29, 0.717) is 0 Å². The van der Waals surface area contributed by atoms with Crippen LogP contribution >= 0.6 is 11.6 Å². The summed E-state index contributed by atoms with van der Waals surface area (Å²) in [5.41, 5.74) is 1.45. The second-order valence-corrected chi connectivity index (χ2v) is 6.39. The Hall–Kier alpha value is -0.530. The van der Waals surface area contributed by atoms with E-state index in [1.165, 1.54) is 50.6 Å². The van der Waals surface area contributed by atoms with Crippen LogP contribution in [0.5, 0.6) is 0 Å². The van der Waals surface area contributed by atoms with E-state index >= 15 is 0 Å². The van der Waals surface area contributed by atoms with Crippen molar-refractivity contribution in [3.8, 4) is 0 Å². The summed E-state index contributed by atoms with van der Waals surface area (Å²) < 4.78 is 0. The fourth-order valence-corrected chi connectivity index (χ4v) is 3.02. The molecule has 98 valence electrons. The van der Waals surface area contributed by atoms with Crippen molar-refractivity contribution in [1.82, 2.24) is 5.32 Å². The van der Waals surface area contributed by atoms with E-state index in [2.05, 4.69) is 17.4 Å². The molecule has 18 heavy (non-hydrogen) atoms. The topological polar surface area (TPSA) is 12.0 Å². The van der Waals surface area contributed by atoms with Gasteiger partial charge in [-0.3, -0.25) is 0 Å². The van der Waals surface area contributed by atoms with E-state index in [1.54, 1.807) is 0 Å². The van der Waals surface area contributed by atoms with Crippen molar-refractivity contribution in [1.29, 1.82) is 0 Å². The van der Waals surface area contributed by atoms with Gasteiger partial charge in [0.25, 0.3) is 0 Å². The second-order valence-electron chi connectivity index (χ2n) is 5.96. The van der Waals surface area contributed by atoms with Gasteiger partial charge in [-0.2, -0.15) is 0 Å². The van der Waals surface area contributed by atoms with Crippen molar-refractivity contribution >= 4 is 11.6 Å². The molecule has 3 rings (SSSR count). The van der Waals surface area contributed by atoms with E-state index in [1.807, 2.05) is 12.1 Å². The maximum absolute atomic E-state index is 5.91. The Bertz CT molecular complexity index is 377. The molecular weight excluding hydrogens is 242 g/mol. The summed E-state index contributed by atoms with van der Waals surface area (Å²) in [7, 11) is 0. The summed E-state index contributed by atoms with van der Waals surface area (Å²) in [6.07, 6.45) is 8.38. The molecule has 1 aromatic carbocycles. The zero-order valence-corrected chi connectivity index (χ0v) is 11.6. The first-order valence-electron chi connectivity index (χ1n) is 7.30. The highest BCUT2D eigenvalue weighted by atomic mass is 35.5. The van der Waals surface area contributed by atoms with Crippen LogP contribution < -0.4 is 5.32 Å². The number of halogens is 1. The maximum Gasteiger partial charge on any atom is 0.0406 e. The van der Waals surface area contributed by atoms with Gasteiger partial charge in [0.05, 0.1) is 0 Å². The molecule has 0 saturated heterocycles. The molecule has 0 atom stereocenters. The minimum absolute atomic E-state index is 0.753. The smallest absolute Gasteiger partial charge is 0.0406 e. The van der Waals surface area contributed by atoms with Crippen LogP contribution in [0.15, 0.2) is 24.3 Å². The molecule has 0 amide bonds. The van der Waals surface area contributed by atoms with Gasteiger partial charge in [-0.1, -0.05) is 36.6 Å². The fraction of sp³-hybridized carbons (Fsp3) is 0.625. The number of rotatable bonds is 6. The highest BCUT2D eigenvalue weighted by Gasteiger charge is 2.29. The largest absolute Gasteiger partial charge is 0.314 e. The van der Waals surface area contributed by atoms with E-state index in [-0.39, 0.29) is 0 Å². The lowest BCUT2D eigenvalue weighted by Crippen LogP contribution is -2.40. The quantitative estimate of drug-likeness (QED) is 0.752. The maximum atomic E-state index is 5.91. The SMILES string of the molecule is Clc1ccc(C2CC(NCCCC3CC3)C2)cc1. The Labute approximate surface area is 115 Å². The third kappa shape index (κ3) is 3.27. The summed E-state index contributed by atoms with van der Waals surface area (Å²) in [4.78, 5) is 0. The van der Waals surface area contributed by atoms with Crippen molar-refractivity contribution in [2.45, 2.75) is 50.5 Å². The Morgan fingerprint density at radius 3 is 2.50 bits per heavy atom. The van der Waals surface area contributed by atoms with Crippen molar-refractivity contribution in [2.75, 3.05) is 6.54 Å². The van der Waals surface area contributed by atoms with Gasteiger partial charge in [-0.05, 0) is 61.8 Å². The molecule has 2 saturated carbocycles. The predicted octanol–water partition coefficient (Wildman–Crippen LogP) is 4.37. The minimum atomic E-state index is 0.753.